The Morgan fingerprint density at radius 2 is 2.24 bits per heavy atom. The largest absolute Gasteiger partial charge is 0.481 e. The van der Waals surface area contributed by atoms with Crippen molar-refractivity contribution in [3.05, 3.63) is 22.4 Å². The van der Waals surface area contributed by atoms with E-state index in [1.54, 1.807) is 17.5 Å². The zero-order chi connectivity index (χ0) is 15.5. The van der Waals surface area contributed by atoms with Crippen molar-refractivity contribution in [1.29, 1.82) is 0 Å². The molecule has 21 heavy (non-hydrogen) atoms. The molecule has 1 aliphatic heterocycles. The van der Waals surface area contributed by atoms with Crippen LogP contribution >= 0.6 is 11.3 Å². The molecule has 2 rings (SSSR count). The molecule has 6 nitrogen and oxygen atoms in total. The highest BCUT2D eigenvalue weighted by atomic mass is 32.1. The number of aliphatic carboxylic acids is 1. The minimum atomic E-state index is -0.858. The zero-order valence-corrected chi connectivity index (χ0v) is 12.6. The first-order valence-corrected chi connectivity index (χ1v) is 7.69. The number of hydrogen-bond acceptors (Lipinski definition) is 4. The monoisotopic (exact) mass is 310 g/mol. The van der Waals surface area contributed by atoms with Gasteiger partial charge in [-0.3, -0.25) is 14.4 Å². The number of nitrogens with zero attached hydrogens (tertiary/aromatic N) is 1. The van der Waals surface area contributed by atoms with Gasteiger partial charge in [0.15, 0.2) is 0 Å². The molecule has 2 heterocycles. The standard InChI is InChI=1S/C14H18N2O4S/c1-2-14(13(19)20)5-6-16(9-14)11(17)8-15-12(18)10-4-3-7-21-10/h3-4,7H,2,5-6,8-9H2,1H3,(H,15,18)(H,19,20). The van der Waals surface area contributed by atoms with E-state index in [0.717, 1.165) is 0 Å². The van der Waals surface area contributed by atoms with E-state index in [1.165, 1.54) is 16.2 Å². The van der Waals surface area contributed by atoms with Crippen LogP contribution in [0.25, 0.3) is 0 Å². The van der Waals surface area contributed by atoms with Crippen molar-refractivity contribution in [3.8, 4) is 0 Å². The van der Waals surface area contributed by atoms with Gasteiger partial charge in [-0.25, -0.2) is 0 Å². The van der Waals surface area contributed by atoms with Gasteiger partial charge in [0.25, 0.3) is 5.91 Å². The molecule has 0 aromatic carbocycles. The number of likely N-dealkylation sites (tertiary alicyclic amines) is 1. The average molecular weight is 310 g/mol. The van der Waals surface area contributed by atoms with Gasteiger partial charge in [0, 0.05) is 13.1 Å². The van der Waals surface area contributed by atoms with Gasteiger partial charge >= 0.3 is 5.97 Å². The van der Waals surface area contributed by atoms with E-state index < -0.39 is 11.4 Å². The lowest BCUT2D eigenvalue weighted by Crippen LogP contribution is -2.41. The van der Waals surface area contributed by atoms with Crippen LogP contribution in [0.4, 0.5) is 0 Å². The van der Waals surface area contributed by atoms with E-state index >= 15 is 0 Å². The van der Waals surface area contributed by atoms with Crippen molar-refractivity contribution >= 4 is 29.1 Å². The van der Waals surface area contributed by atoms with Crippen LogP contribution in [-0.4, -0.2) is 47.4 Å². The summed E-state index contributed by atoms with van der Waals surface area (Å²) in [5.41, 5.74) is -0.840. The van der Waals surface area contributed by atoms with Crippen molar-refractivity contribution in [2.45, 2.75) is 19.8 Å². The minimum absolute atomic E-state index is 0.101. The Hall–Kier alpha value is -1.89. The van der Waals surface area contributed by atoms with Gasteiger partial charge in [0.05, 0.1) is 16.8 Å². The quantitative estimate of drug-likeness (QED) is 0.855. The number of carbonyl (C=O) groups is 3. The number of carboxylic acid groups (broad SMARTS) is 1. The summed E-state index contributed by atoms with van der Waals surface area (Å²) in [6.45, 7) is 2.36. The summed E-state index contributed by atoms with van der Waals surface area (Å²) in [6, 6.07) is 3.46. The molecule has 1 atom stereocenters. The molecule has 0 bridgehead atoms. The maximum absolute atomic E-state index is 12.1. The molecule has 0 radical (unpaired) electrons. The zero-order valence-electron chi connectivity index (χ0n) is 11.8. The summed E-state index contributed by atoms with van der Waals surface area (Å²) in [7, 11) is 0. The fourth-order valence-corrected chi connectivity index (χ4v) is 3.10. The third kappa shape index (κ3) is 3.24. The van der Waals surface area contributed by atoms with Gasteiger partial charge in [-0.15, -0.1) is 11.3 Å². The number of carbonyl (C=O) groups excluding carboxylic acids is 2. The Labute approximate surface area is 126 Å². The number of hydrogen-bond donors (Lipinski definition) is 2. The Morgan fingerprint density at radius 3 is 2.76 bits per heavy atom. The second-order valence-corrected chi connectivity index (χ2v) is 6.11. The van der Waals surface area contributed by atoms with Gasteiger partial charge in [-0.05, 0) is 24.3 Å². The maximum atomic E-state index is 12.1. The normalized spacial score (nSPS) is 21.3. The van der Waals surface area contributed by atoms with Crippen molar-refractivity contribution < 1.29 is 19.5 Å². The van der Waals surface area contributed by atoms with Crippen molar-refractivity contribution in [2.75, 3.05) is 19.6 Å². The second-order valence-electron chi connectivity index (χ2n) is 5.16. The van der Waals surface area contributed by atoms with Gasteiger partial charge in [0.2, 0.25) is 5.91 Å². The summed E-state index contributed by atoms with van der Waals surface area (Å²) in [6.07, 6.45) is 0.955. The fourth-order valence-electron chi connectivity index (χ4n) is 2.46. The Kier molecular flexibility index (Phi) is 4.62. The molecule has 1 aromatic heterocycles. The summed E-state index contributed by atoms with van der Waals surface area (Å²) >= 11 is 1.31. The number of amides is 2. The maximum Gasteiger partial charge on any atom is 0.311 e. The molecule has 1 saturated heterocycles. The van der Waals surface area contributed by atoms with Crippen molar-refractivity contribution in [1.82, 2.24) is 10.2 Å². The van der Waals surface area contributed by atoms with E-state index in [4.69, 9.17) is 0 Å². The molecule has 1 aliphatic rings. The second kappa shape index (κ2) is 6.26. The van der Waals surface area contributed by atoms with Crippen LogP contribution in [0.15, 0.2) is 17.5 Å². The van der Waals surface area contributed by atoms with Gasteiger partial charge in [-0.2, -0.15) is 0 Å². The van der Waals surface area contributed by atoms with Crippen LogP contribution in [-0.2, 0) is 9.59 Å². The van der Waals surface area contributed by atoms with E-state index in [2.05, 4.69) is 5.32 Å². The molecule has 1 unspecified atom stereocenters. The van der Waals surface area contributed by atoms with Crippen LogP contribution in [0.2, 0.25) is 0 Å². The molecule has 0 aliphatic carbocycles. The third-order valence-electron chi connectivity index (χ3n) is 3.98. The smallest absolute Gasteiger partial charge is 0.311 e. The van der Waals surface area contributed by atoms with Crippen molar-refractivity contribution in [3.63, 3.8) is 0 Å². The number of thiophene rings is 1. The van der Waals surface area contributed by atoms with Gasteiger partial charge < -0.3 is 15.3 Å². The van der Waals surface area contributed by atoms with Gasteiger partial charge in [-0.1, -0.05) is 13.0 Å². The number of rotatable bonds is 5. The minimum Gasteiger partial charge on any atom is -0.481 e. The molecular weight excluding hydrogens is 292 g/mol. The molecule has 114 valence electrons. The predicted octanol–water partition coefficient (Wildman–Crippen LogP) is 1.19. The van der Waals surface area contributed by atoms with Crippen LogP contribution in [0.5, 0.6) is 0 Å². The predicted molar refractivity (Wildman–Crippen MR) is 78.2 cm³/mol. The van der Waals surface area contributed by atoms with E-state index in [-0.39, 0.29) is 24.9 Å². The molecule has 0 saturated carbocycles. The molecule has 7 heteroatoms. The molecule has 2 amide bonds. The summed E-state index contributed by atoms with van der Waals surface area (Å²) < 4.78 is 0. The molecule has 1 aromatic rings. The molecule has 2 N–H and O–H groups in total. The SMILES string of the molecule is CCC1(C(=O)O)CCN(C(=O)CNC(=O)c2cccs2)C1. The first kappa shape index (κ1) is 15.5. The van der Waals surface area contributed by atoms with Crippen LogP contribution in [0, 0.1) is 5.41 Å². The Bertz CT molecular complexity index is 543. The highest BCUT2D eigenvalue weighted by molar-refractivity contribution is 7.12. The van der Waals surface area contributed by atoms with Crippen LogP contribution < -0.4 is 5.32 Å². The fraction of sp³-hybridized carbons (Fsp3) is 0.500. The summed E-state index contributed by atoms with van der Waals surface area (Å²) in [5, 5.41) is 13.7. The van der Waals surface area contributed by atoms with Crippen LogP contribution in [0.1, 0.15) is 29.4 Å². The lowest BCUT2D eigenvalue weighted by molar-refractivity contribution is -0.148. The first-order chi connectivity index (χ1) is 9.98. The molecular formula is C14H18N2O4S. The number of nitrogens with one attached hydrogen (secondary N) is 1. The van der Waals surface area contributed by atoms with E-state index in [9.17, 15) is 19.5 Å². The Balaban J connectivity index is 1.88. The summed E-state index contributed by atoms with van der Waals surface area (Å²) in [4.78, 5) is 37.2. The topological polar surface area (TPSA) is 86.7 Å². The molecule has 1 fully saturated rings. The average Bonchev–Trinajstić information content (AvgIpc) is 3.13. The third-order valence-corrected chi connectivity index (χ3v) is 4.85. The van der Waals surface area contributed by atoms with E-state index in [0.29, 0.717) is 24.3 Å². The molecule has 0 spiro atoms. The lowest BCUT2D eigenvalue weighted by Gasteiger charge is -2.23. The van der Waals surface area contributed by atoms with Crippen LogP contribution in [0.3, 0.4) is 0 Å². The highest BCUT2D eigenvalue weighted by Gasteiger charge is 2.44. The first-order valence-electron chi connectivity index (χ1n) is 6.81. The van der Waals surface area contributed by atoms with Gasteiger partial charge in [0.1, 0.15) is 0 Å². The van der Waals surface area contributed by atoms with E-state index in [1.807, 2.05) is 6.92 Å². The summed E-state index contributed by atoms with van der Waals surface area (Å²) in [5.74, 6) is -1.38. The number of carboxylic acids is 1. The lowest BCUT2D eigenvalue weighted by atomic mass is 9.84. The highest BCUT2D eigenvalue weighted by Crippen LogP contribution is 2.34. The Morgan fingerprint density at radius 1 is 1.48 bits per heavy atom. The van der Waals surface area contributed by atoms with Crippen molar-refractivity contribution in [2.24, 2.45) is 5.41 Å².